The molecule has 0 saturated carbocycles. The number of imidazole rings is 1. The van der Waals surface area contributed by atoms with E-state index in [0.29, 0.717) is 0 Å². The second kappa shape index (κ2) is 4.65. The quantitative estimate of drug-likeness (QED) is 0.852. The second-order valence-corrected chi connectivity index (χ2v) is 4.15. The number of hydrogen-bond donors (Lipinski definition) is 0. The number of hydrogen-bond acceptors (Lipinski definition) is 3. The van der Waals surface area contributed by atoms with Crippen molar-refractivity contribution in [2.45, 2.75) is 13.1 Å². The van der Waals surface area contributed by atoms with Crippen molar-refractivity contribution in [3.8, 4) is 5.82 Å². The van der Waals surface area contributed by atoms with Gasteiger partial charge >= 0.3 is 6.18 Å². The van der Waals surface area contributed by atoms with Crippen LogP contribution in [0.3, 0.4) is 0 Å². The lowest BCUT2D eigenvalue weighted by Crippen LogP contribution is -2.16. The number of aryl methyl sites for hydroxylation is 1. The van der Waals surface area contributed by atoms with Gasteiger partial charge in [0.15, 0.2) is 11.5 Å². The van der Waals surface area contributed by atoms with Crippen LogP contribution in [-0.4, -0.2) is 19.5 Å². The summed E-state index contributed by atoms with van der Waals surface area (Å²) in [7, 11) is 0. The molecule has 0 bridgehead atoms. The van der Waals surface area contributed by atoms with Crippen LogP contribution in [0.5, 0.6) is 0 Å². The molecule has 8 heteroatoms. The largest absolute Gasteiger partial charge is 0.434 e. The summed E-state index contributed by atoms with van der Waals surface area (Å²) >= 11 is 5.68. The summed E-state index contributed by atoms with van der Waals surface area (Å²) in [6, 6.07) is 0. The Labute approximate surface area is 111 Å². The molecule has 0 aliphatic heterocycles. The molecule has 0 saturated heterocycles. The van der Waals surface area contributed by atoms with E-state index in [2.05, 4.69) is 21.5 Å². The standard InChI is InChI=1S/C11H8ClF3N4/c1-6(12)8-9(11(13,14)15)17-7(2)18-10(8)19-4-3-16-5-19/h3-5H,1H2,2H3. The van der Waals surface area contributed by atoms with Crippen molar-refractivity contribution in [1.82, 2.24) is 19.5 Å². The molecule has 0 unspecified atom stereocenters. The fourth-order valence-corrected chi connectivity index (χ4v) is 1.76. The molecule has 0 atom stereocenters. The maximum absolute atomic E-state index is 13.0. The van der Waals surface area contributed by atoms with E-state index in [1.54, 1.807) is 0 Å². The normalized spacial score (nSPS) is 11.6. The highest BCUT2D eigenvalue weighted by molar-refractivity contribution is 6.48. The van der Waals surface area contributed by atoms with Crippen molar-refractivity contribution in [2.75, 3.05) is 0 Å². The smallest absolute Gasteiger partial charge is 0.290 e. The molecule has 0 aliphatic carbocycles. The summed E-state index contributed by atoms with van der Waals surface area (Å²) in [5.74, 6) is -0.0185. The molecule has 0 aliphatic rings. The minimum absolute atomic E-state index is 0.00248. The highest BCUT2D eigenvalue weighted by Gasteiger charge is 2.38. The van der Waals surface area contributed by atoms with E-state index in [-0.39, 0.29) is 22.2 Å². The van der Waals surface area contributed by atoms with Crippen molar-refractivity contribution in [3.05, 3.63) is 42.4 Å². The van der Waals surface area contributed by atoms with Gasteiger partial charge in [0.05, 0.1) is 5.56 Å². The Morgan fingerprint density at radius 3 is 2.53 bits per heavy atom. The average Bonchev–Trinajstić information content (AvgIpc) is 2.79. The van der Waals surface area contributed by atoms with E-state index in [9.17, 15) is 13.2 Å². The number of halogens is 4. The van der Waals surface area contributed by atoms with Crippen molar-refractivity contribution in [1.29, 1.82) is 0 Å². The molecule has 0 radical (unpaired) electrons. The van der Waals surface area contributed by atoms with Gasteiger partial charge in [-0.3, -0.25) is 4.57 Å². The Bertz CT molecular complexity index is 620. The predicted molar refractivity (Wildman–Crippen MR) is 63.8 cm³/mol. The van der Waals surface area contributed by atoms with E-state index >= 15 is 0 Å². The van der Waals surface area contributed by atoms with Crippen LogP contribution < -0.4 is 0 Å². The van der Waals surface area contributed by atoms with Crippen LogP contribution in [-0.2, 0) is 6.18 Å². The minimum Gasteiger partial charge on any atom is -0.290 e. The van der Waals surface area contributed by atoms with Crippen LogP contribution in [0.1, 0.15) is 17.1 Å². The molecule has 2 heterocycles. The molecule has 2 rings (SSSR count). The van der Waals surface area contributed by atoms with Crippen LogP contribution in [0.25, 0.3) is 10.9 Å². The first kappa shape index (κ1) is 13.5. The first-order chi connectivity index (χ1) is 8.80. The van der Waals surface area contributed by atoms with Crippen LogP contribution in [0, 0.1) is 6.92 Å². The molecule has 100 valence electrons. The van der Waals surface area contributed by atoms with Gasteiger partial charge in [0.2, 0.25) is 0 Å². The van der Waals surface area contributed by atoms with Crippen LogP contribution >= 0.6 is 11.6 Å². The van der Waals surface area contributed by atoms with E-state index in [0.717, 1.165) is 0 Å². The van der Waals surface area contributed by atoms with Gasteiger partial charge in [-0.2, -0.15) is 13.2 Å². The van der Waals surface area contributed by atoms with E-state index < -0.39 is 11.9 Å². The Kier molecular flexibility index (Phi) is 3.32. The number of aromatic nitrogens is 4. The highest BCUT2D eigenvalue weighted by Crippen LogP contribution is 2.36. The van der Waals surface area contributed by atoms with Crippen molar-refractivity contribution >= 4 is 16.6 Å². The fourth-order valence-electron chi connectivity index (χ4n) is 1.58. The zero-order valence-electron chi connectivity index (χ0n) is 9.74. The summed E-state index contributed by atoms with van der Waals surface area (Å²) in [5, 5.41) is -0.281. The Morgan fingerprint density at radius 1 is 1.37 bits per heavy atom. The number of nitrogens with zero attached hydrogens (tertiary/aromatic N) is 4. The van der Waals surface area contributed by atoms with Crippen molar-refractivity contribution in [3.63, 3.8) is 0 Å². The topological polar surface area (TPSA) is 43.6 Å². The van der Waals surface area contributed by atoms with Gasteiger partial charge in [0.25, 0.3) is 0 Å². The fraction of sp³-hybridized carbons (Fsp3) is 0.182. The van der Waals surface area contributed by atoms with Gasteiger partial charge in [-0.1, -0.05) is 18.2 Å². The molecular weight excluding hydrogens is 281 g/mol. The average molecular weight is 289 g/mol. The third-order valence-corrected chi connectivity index (χ3v) is 2.48. The number of rotatable bonds is 2. The van der Waals surface area contributed by atoms with Gasteiger partial charge in [-0.15, -0.1) is 0 Å². The maximum atomic E-state index is 13.0. The van der Waals surface area contributed by atoms with E-state index in [4.69, 9.17) is 11.6 Å². The van der Waals surface area contributed by atoms with Gasteiger partial charge < -0.3 is 0 Å². The second-order valence-electron chi connectivity index (χ2n) is 3.69. The first-order valence-corrected chi connectivity index (χ1v) is 5.47. The van der Waals surface area contributed by atoms with Crippen LogP contribution in [0.4, 0.5) is 13.2 Å². The zero-order valence-corrected chi connectivity index (χ0v) is 10.5. The Hall–Kier alpha value is -1.89. The Balaban J connectivity index is 2.80. The SMILES string of the molecule is C=C(Cl)c1c(-n2ccnc2)nc(C)nc1C(F)(F)F. The lowest BCUT2D eigenvalue weighted by molar-refractivity contribution is -0.141. The highest BCUT2D eigenvalue weighted by atomic mass is 35.5. The lowest BCUT2D eigenvalue weighted by atomic mass is 10.2. The Morgan fingerprint density at radius 2 is 2.05 bits per heavy atom. The molecule has 0 N–H and O–H groups in total. The summed E-state index contributed by atoms with van der Waals surface area (Å²) in [4.78, 5) is 11.2. The zero-order chi connectivity index (χ0) is 14.2. The van der Waals surface area contributed by atoms with Gasteiger partial charge in [0.1, 0.15) is 12.2 Å². The monoisotopic (exact) mass is 288 g/mol. The van der Waals surface area contributed by atoms with E-state index in [1.807, 2.05) is 0 Å². The summed E-state index contributed by atoms with van der Waals surface area (Å²) in [6.07, 6.45) is -0.432. The summed E-state index contributed by atoms with van der Waals surface area (Å²) < 4.78 is 40.3. The maximum Gasteiger partial charge on any atom is 0.434 e. The third-order valence-electron chi connectivity index (χ3n) is 2.29. The van der Waals surface area contributed by atoms with E-state index in [1.165, 1.54) is 30.2 Å². The number of alkyl halides is 3. The molecule has 0 amide bonds. The molecule has 2 aromatic rings. The summed E-state index contributed by atoms with van der Waals surface area (Å²) in [5.41, 5.74) is -1.46. The van der Waals surface area contributed by atoms with Crippen molar-refractivity contribution in [2.24, 2.45) is 0 Å². The lowest BCUT2D eigenvalue weighted by Gasteiger charge is -2.15. The van der Waals surface area contributed by atoms with Gasteiger partial charge in [-0.05, 0) is 6.92 Å². The first-order valence-electron chi connectivity index (χ1n) is 5.09. The molecule has 4 nitrogen and oxygen atoms in total. The van der Waals surface area contributed by atoms with Gasteiger partial charge in [-0.25, -0.2) is 15.0 Å². The molecular formula is C11H8ClF3N4. The minimum atomic E-state index is -4.64. The molecule has 2 aromatic heterocycles. The predicted octanol–water partition coefficient (Wildman–Crippen LogP) is 3.20. The van der Waals surface area contributed by atoms with Crippen LogP contribution in [0.2, 0.25) is 0 Å². The third kappa shape index (κ3) is 2.60. The molecule has 0 aromatic carbocycles. The molecule has 0 spiro atoms. The van der Waals surface area contributed by atoms with Crippen molar-refractivity contribution < 1.29 is 13.2 Å². The molecule has 0 fully saturated rings. The van der Waals surface area contributed by atoms with Crippen LogP contribution in [0.15, 0.2) is 25.3 Å². The summed E-state index contributed by atoms with van der Waals surface area (Å²) in [6.45, 7) is 4.72. The molecule has 19 heavy (non-hydrogen) atoms. The van der Waals surface area contributed by atoms with Gasteiger partial charge in [0, 0.05) is 17.4 Å².